The molecule has 1 amide bonds. The number of fused-ring (bicyclic) bond motifs is 1. The molecule has 1 N–H and O–H groups in total. The quantitative estimate of drug-likeness (QED) is 0.283. The molecule has 0 spiro atoms. The number of piperidine rings is 1. The summed E-state index contributed by atoms with van der Waals surface area (Å²) in [7, 11) is 1.81. The lowest BCUT2D eigenvalue weighted by molar-refractivity contribution is -0.119. The topological polar surface area (TPSA) is 81.4 Å². The second kappa shape index (κ2) is 12.1. The highest BCUT2D eigenvalue weighted by Crippen LogP contribution is 2.28. The van der Waals surface area contributed by atoms with Crippen LogP contribution in [0.4, 0.5) is 5.82 Å². The van der Waals surface area contributed by atoms with Gasteiger partial charge in [0.25, 0.3) is 0 Å². The summed E-state index contributed by atoms with van der Waals surface area (Å²) in [6.45, 7) is 7.32. The highest BCUT2D eigenvalue weighted by atomic mass is 16.5. The molecule has 3 heterocycles. The molecule has 2 aromatic heterocycles. The number of carbonyl (C=O) groups is 1. The van der Waals surface area contributed by atoms with E-state index >= 15 is 0 Å². The molecule has 0 unspecified atom stereocenters. The highest BCUT2D eigenvalue weighted by molar-refractivity contribution is 5.88. The normalized spacial score (nSPS) is 13.5. The molecule has 192 valence electrons. The van der Waals surface area contributed by atoms with Crippen molar-refractivity contribution in [2.24, 2.45) is 5.92 Å². The number of imidazole rings is 1. The first-order valence-corrected chi connectivity index (χ1v) is 12.5. The van der Waals surface area contributed by atoms with Crippen LogP contribution in [0.2, 0.25) is 0 Å². The van der Waals surface area contributed by atoms with Gasteiger partial charge in [-0.3, -0.25) is 13.9 Å². The predicted molar refractivity (Wildman–Crippen MR) is 148 cm³/mol. The standard InChI is InChI=1S/C26H27N5O3.C3H6/c1-27-25-24-23(11-14-28-25)30(17-19-12-15-29(18-32)16-13-19)26(33)31(24)20-7-9-22(10-8-20)34-21-5-3-2-4-6-21;1-3-2/h2-11,14,18-19H,12-13,15-17H2,1H3,(H,27,28);3H,1H2,2H3. The molecule has 0 bridgehead atoms. The number of nitrogens with zero attached hydrogens (tertiary/aromatic N) is 4. The Morgan fingerprint density at radius 3 is 2.32 bits per heavy atom. The van der Waals surface area contributed by atoms with Crippen LogP contribution in [-0.2, 0) is 11.3 Å². The zero-order valence-electron chi connectivity index (χ0n) is 21.3. The minimum Gasteiger partial charge on any atom is -0.457 e. The number of pyridine rings is 1. The first-order valence-electron chi connectivity index (χ1n) is 12.5. The van der Waals surface area contributed by atoms with Crippen LogP contribution in [0.1, 0.15) is 19.8 Å². The number of benzene rings is 2. The molecular formula is C29H33N5O3. The average molecular weight is 500 g/mol. The molecule has 37 heavy (non-hydrogen) atoms. The van der Waals surface area contributed by atoms with Gasteiger partial charge in [0.15, 0.2) is 5.82 Å². The first kappa shape index (κ1) is 25.8. The van der Waals surface area contributed by atoms with Gasteiger partial charge < -0.3 is 15.0 Å². The van der Waals surface area contributed by atoms with Gasteiger partial charge in [0.2, 0.25) is 6.41 Å². The summed E-state index contributed by atoms with van der Waals surface area (Å²) >= 11 is 0. The first-order chi connectivity index (χ1) is 18.1. The summed E-state index contributed by atoms with van der Waals surface area (Å²) in [5.74, 6) is 2.43. The van der Waals surface area contributed by atoms with Crippen molar-refractivity contribution in [1.82, 2.24) is 19.0 Å². The van der Waals surface area contributed by atoms with Gasteiger partial charge in [-0.15, -0.1) is 6.58 Å². The molecule has 8 nitrogen and oxygen atoms in total. The number of nitrogens with one attached hydrogen (secondary N) is 1. The van der Waals surface area contributed by atoms with Crippen LogP contribution >= 0.6 is 0 Å². The van der Waals surface area contributed by atoms with Crippen LogP contribution in [-0.4, -0.2) is 45.6 Å². The largest absolute Gasteiger partial charge is 0.457 e. The van der Waals surface area contributed by atoms with E-state index in [1.165, 1.54) is 0 Å². The molecule has 2 aromatic carbocycles. The lowest BCUT2D eigenvalue weighted by Crippen LogP contribution is -2.35. The van der Waals surface area contributed by atoms with Crippen molar-refractivity contribution in [2.75, 3.05) is 25.5 Å². The number of aromatic nitrogens is 3. The van der Waals surface area contributed by atoms with Crippen molar-refractivity contribution in [3.05, 3.63) is 90.0 Å². The highest BCUT2D eigenvalue weighted by Gasteiger charge is 2.23. The van der Waals surface area contributed by atoms with Crippen LogP contribution in [0.3, 0.4) is 0 Å². The van der Waals surface area contributed by atoms with E-state index in [9.17, 15) is 9.59 Å². The average Bonchev–Trinajstić information content (AvgIpc) is 3.21. The Morgan fingerprint density at radius 1 is 1.05 bits per heavy atom. The van der Waals surface area contributed by atoms with Gasteiger partial charge in [0.1, 0.15) is 17.0 Å². The molecule has 1 aliphatic heterocycles. The van der Waals surface area contributed by atoms with Crippen LogP contribution in [0.25, 0.3) is 16.7 Å². The van der Waals surface area contributed by atoms with Gasteiger partial charge in [0.05, 0.1) is 11.2 Å². The zero-order chi connectivity index (χ0) is 26.2. The second-order valence-electron chi connectivity index (χ2n) is 8.91. The maximum atomic E-state index is 13.7. The number of para-hydroxylation sites is 1. The van der Waals surface area contributed by atoms with E-state index in [-0.39, 0.29) is 5.69 Å². The minimum absolute atomic E-state index is 0.103. The number of hydrogen-bond acceptors (Lipinski definition) is 5. The van der Waals surface area contributed by atoms with E-state index in [0.717, 1.165) is 54.8 Å². The molecule has 0 saturated carbocycles. The monoisotopic (exact) mass is 499 g/mol. The van der Waals surface area contributed by atoms with Crippen molar-refractivity contribution in [3.63, 3.8) is 0 Å². The van der Waals surface area contributed by atoms with E-state index in [4.69, 9.17) is 4.74 Å². The van der Waals surface area contributed by atoms with E-state index in [1.807, 2.05) is 72.2 Å². The van der Waals surface area contributed by atoms with Gasteiger partial charge >= 0.3 is 5.69 Å². The third-order valence-corrected chi connectivity index (χ3v) is 6.39. The van der Waals surface area contributed by atoms with Gasteiger partial charge in [-0.1, -0.05) is 24.3 Å². The van der Waals surface area contributed by atoms with Crippen molar-refractivity contribution in [2.45, 2.75) is 26.3 Å². The van der Waals surface area contributed by atoms with Crippen LogP contribution in [0.5, 0.6) is 11.5 Å². The molecule has 1 aliphatic rings. The fourth-order valence-electron chi connectivity index (χ4n) is 4.59. The van der Waals surface area contributed by atoms with E-state index in [1.54, 1.807) is 28.8 Å². The number of likely N-dealkylation sites (tertiary alicyclic amines) is 1. The molecule has 8 heteroatoms. The molecular weight excluding hydrogens is 466 g/mol. The molecule has 0 atom stereocenters. The van der Waals surface area contributed by atoms with Crippen LogP contribution in [0.15, 0.2) is 84.3 Å². The third kappa shape index (κ3) is 5.74. The summed E-state index contributed by atoms with van der Waals surface area (Å²) in [6.07, 6.45) is 6.14. The lowest BCUT2D eigenvalue weighted by Gasteiger charge is -2.29. The van der Waals surface area contributed by atoms with E-state index in [0.29, 0.717) is 24.0 Å². The van der Waals surface area contributed by atoms with Crippen LogP contribution < -0.4 is 15.7 Å². The Morgan fingerprint density at radius 2 is 1.70 bits per heavy atom. The second-order valence-corrected chi connectivity index (χ2v) is 8.91. The summed E-state index contributed by atoms with van der Waals surface area (Å²) in [4.78, 5) is 31.0. The molecule has 4 aromatic rings. The number of ether oxygens (including phenoxy) is 1. The Kier molecular flexibility index (Phi) is 8.40. The van der Waals surface area contributed by atoms with Gasteiger partial charge in [-0.25, -0.2) is 9.78 Å². The van der Waals surface area contributed by atoms with Crippen molar-refractivity contribution in [3.8, 4) is 17.2 Å². The Balaban J connectivity index is 0.00000102. The predicted octanol–water partition coefficient (Wildman–Crippen LogP) is 5.08. The number of rotatable bonds is 7. The van der Waals surface area contributed by atoms with Crippen molar-refractivity contribution >= 4 is 23.3 Å². The Hall–Kier alpha value is -4.33. The Labute approximate surface area is 216 Å². The molecule has 1 fully saturated rings. The molecule has 0 radical (unpaired) electrons. The zero-order valence-corrected chi connectivity index (χ0v) is 21.3. The number of anilines is 1. The smallest absolute Gasteiger partial charge is 0.333 e. The van der Waals surface area contributed by atoms with E-state index in [2.05, 4.69) is 16.9 Å². The number of hydrogen-bond donors (Lipinski definition) is 1. The Bertz CT molecular complexity index is 1390. The van der Waals surface area contributed by atoms with Crippen molar-refractivity contribution < 1.29 is 9.53 Å². The summed E-state index contributed by atoms with van der Waals surface area (Å²) in [6, 6.07) is 19.0. The molecule has 5 rings (SSSR count). The summed E-state index contributed by atoms with van der Waals surface area (Å²) < 4.78 is 9.46. The molecule has 0 aliphatic carbocycles. The van der Waals surface area contributed by atoms with Crippen molar-refractivity contribution in [1.29, 1.82) is 0 Å². The maximum absolute atomic E-state index is 13.7. The van der Waals surface area contributed by atoms with Gasteiger partial charge in [-0.2, -0.15) is 0 Å². The fraction of sp³-hybridized carbons (Fsp3) is 0.276. The van der Waals surface area contributed by atoms with Gasteiger partial charge in [0, 0.05) is 32.9 Å². The molecule has 1 saturated heterocycles. The third-order valence-electron chi connectivity index (χ3n) is 6.39. The summed E-state index contributed by atoms with van der Waals surface area (Å²) in [5, 5.41) is 3.13. The maximum Gasteiger partial charge on any atom is 0.333 e. The summed E-state index contributed by atoms with van der Waals surface area (Å²) in [5.41, 5.74) is 2.23. The van der Waals surface area contributed by atoms with E-state index < -0.39 is 0 Å². The number of amides is 1. The van der Waals surface area contributed by atoms with Crippen LogP contribution in [0, 0.1) is 5.92 Å². The lowest BCUT2D eigenvalue weighted by atomic mass is 9.97. The fourth-order valence-corrected chi connectivity index (χ4v) is 4.59. The number of allylic oxidation sites excluding steroid dienone is 1. The SMILES string of the molecule is C=CC.CNc1nccc2c1n(-c1ccc(Oc3ccccc3)cc1)c(=O)n2CC1CCN(C=O)CC1. The number of carbonyl (C=O) groups excluding carboxylic acids is 1. The minimum atomic E-state index is -0.103. The van der Waals surface area contributed by atoms with Gasteiger partial charge in [-0.05, 0) is 68.1 Å².